The zero-order valence-electron chi connectivity index (χ0n) is 8.53. The number of hydrogen-bond donors (Lipinski definition) is 1. The molecule has 0 spiro atoms. The van der Waals surface area contributed by atoms with E-state index in [1.807, 2.05) is 6.92 Å². The van der Waals surface area contributed by atoms with Crippen LogP contribution in [0.4, 0.5) is 0 Å². The van der Waals surface area contributed by atoms with Gasteiger partial charge in [-0.15, -0.1) is 0 Å². The van der Waals surface area contributed by atoms with Crippen molar-refractivity contribution >= 4 is 11.6 Å². The van der Waals surface area contributed by atoms with Gasteiger partial charge in [0.1, 0.15) is 17.6 Å². The predicted octanol–water partition coefficient (Wildman–Crippen LogP) is 1.69. The van der Waals surface area contributed by atoms with E-state index in [0.717, 1.165) is 24.2 Å². The van der Waals surface area contributed by atoms with Gasteiger partial charge in [-0.2, -0.15) is 4.98 Å². The first-order valence-corrected chi connectivity index (χ1v) is 5.38. The molecule has 0 aliphatic heterocycles. The molecule has 82 valence electrons. The van der Waals surface area contributed by atoms with Crippen molar-refractivity contribution in [3.63, 3.8) is 0 Å². The van der Waals surface area contributed by atoms with Gasteiger partial charge >= 0.3 is 0 Å². The van der Waals surface area contributed by atoms with Crippen molar-refractivity contribution in [2.75, 3.05) is 13.2 Å². The fraction of sp³-hybridized carbons (Fsp3) is 0.600. The van der Waals surface area contributed by atoms with Crippen LogP contribution in [0.1, 0.15) is 30.1 Å². The zero-order valence-corrected chi connectivity index (χ0v) is 9.29. The molecular weight excluding hydrogens is 216 g/mol. The van der Waals surface area contributed by atoms with Crippen molar-refractivity contribution < 1.29 is 9.84 Å². The summed E-state index contributed by atoms with van der Waals surface area (Å²) in [6.07, 6.45) is 2.25. The number of hydrogen-bond acceptors (Lipinski definition) is 4. The van der Waals surface area contributed by atoms with Gasteiger partial charge in [0.25, 0.3) is 0 Å². The molecule has 2 rings (SSSR count). The second-order valence-electron chi connectivity index (χ2n) is 3.65. The van der Waals surface area contributed by atoms with Crippen molar-refractivity contribution in [2.24, 2.45) is 0 Å². The van der Waals surface area contributed by atoms with Gasteiger partial charge in [-0.25, -0.2) is 4.98 Å². The monoisotopic (exact) mass is 228 g/mol. The van der Waals surface area contributed by atoms with Crippen molar-refractivity contribution in [1.82, 2.24) is 9.97 Å². The molecule has 0 unspecified atom stereocenters. The minimum absolute atomic E-state index is 0.0280. The molecular formula is C10H13ClN2O2. The number of aliphatic hydroxyl groups is 1. The molecule has 0 radical (unpaired) electrons. The molecule has 4 nitrogen and oxygen atoms in total. The SMILES string of the molecule is Cc1c(Cl)nc(C2CC2)nc1OCCO. The Balaban J connectivity index is 2.25. The Morgan fingerprint density at radius 2 is 2.20 bits per heavy atom. The van der Waals surface area contributed by atoms with E-state index in [1.54, 1.807) is 0 Å². The van der Waals surface area contributed by atoms with Crippen LogP contribution in [0.15, 0.2) is 0 Å². The maximum atomic E-state index is 8.68. The van der Waals surface area contributed by atoms with Crippen molar-refractivity contribution in [3.8, 4) is 5.88 Å². The first kappa shape index (κ1) is 10.6. The van der Waals surface area contributed by atoms with Crippen LogP contribution >= 0.6 is 11.6 Å². The van der Waals surface area contributed by atoms with E-state index in [2.05, 4.69) is 9.97 Å². The fourth-order valence-electron chi connectivity index (χ4n) is 1.29. The van der Waals surface area contributed by atoms with Gasteiger partial charge in [-0.3, -0.25) is 0 Å². The summed E-state index contributed by atoms with van der Waals surface area (Å²) in [6, 6.07) is 0. The number of aromatic nitrogens is 2. The predicted molar refractivity (Wildman–Crippen MR) is 56.3 cm³/mol. The normalized spacial score (nSPS) is 15.4. The molecule has 5 heteroatoms. The van der Waals surface area contributed by atoms with E-state index < -0.39 is 0 Å². The quantitative estimate of drug-likeness (QED) is 0.797. The molecule has 1 N–H and O–H groups in total. The highest BCUT2D eigenvalue weighted by molar-refractivity contribution is 6.30. The maximum Gasteiger partial charge on any atom is 0.221 e. The summed E-state index contributed by atoms with van der Waals surface area (Å²) in [5.74, 6) is 1.70. The molecule has 1 aliphatic rings. The van der Waals surface area contributed by atoms with E-state index in [1.165, 1.54) is 0 Å². The Kier molecular flexibility index (Phi) is 3.07. The third-order valence-electron chi connectivity index (χ3n) is 2.33. The molecule has 0 saturated heterocycles. The van der Waals surface area contributed by atoms with Gasteiger partial charge in [-0.1, -0.05) is 11.6 Å². The third kappa shape index (κ3) is 2.38. The van der Waals surface area contributed by atoms with E-state index in [0.29, 0.717) is 17.0 Å². The largest absolute Gasteiger partial charge is 0.475 e. The summed E-state index contributed by atoms with van der Waals surface area (Å²) in [6.45, 7) is 2.02. The second-order valence-corrected chi connectivity index (χ2v) is 4.01. The van der Waals surface area contributed by atoms with Crippen LogP contribution < -0.4 is 4.74 Å². The number of nitrogens with zero attached hydrogens (tertiary/aromatic N) is 2. The summed E-state index contributed by atoms with van der Waals surface area (Å²) in [5.41, 5.74) is 0.731. The summed E-state index contributed by atoms with van der Waals surface area (Å²) in [4.78, 5) is 8.52. The standard InChI is InChI=1S/C10H13ClN2O2/c1-6-8(11)12-9(7-2-3-7)13-10(6)15-5-4-14/h7,14H,2-5H2,1H3. The lowest BCUT2D eigenvalue weighted by atomic mass is 10.3. The third-order valence-corrected chi connectivity index (χ3v) is 2.70. The molecule has 1 heterocycles. The van der Waals surface area contributed by atoms with Crippen LogP contribution in [0.3, 0.4) is 0 Å². The molecule has 15 heavy (non-hydrogen) atoms. The van der Waals surface area contributed by atoms with Crippen LogP contribution in [0, 0.1) is 6.92 Å². The second kappa shape index (κ2) is 4.33. The van der Waals surface area contributed by atoms with Gasteiger partial charge in [-0.05, 0) is 19.8 Å². The summed E-state index contributed by atoms with van der Waals surface area (Å²) in [5, 5.41) is 9.12. The number of aliphatic hydroxyl groups excluding tert-OH is 1. The van der Waals surface area contributed by atoms with E-state index in [4.69, 9.17) is 21.4 Å². The van der Waals surface area contributed by atoms with Crippen LogP contribution in [0.5, 0.6) is 5.88 Å². The molecule has 0 bridgehead atoms. The van der Waals surface area contributed by atoms with Gasteiger partial charge in [0, 0.05) is 11.5 Å². The lowest BCUT2D eigenvalue weighted by molar-refractivity contribution is 0.195. The number of halogens is 1. The first-order valence-electron chi connectivity index (χ1n) is 5.00. The highest BCUT2D eigenvalue weighted by Crippen LogP contribution is 2.39. The van der Waals surface area contributed by atoms with Crippen LogP contribution in [-0.4, -0.2) is 28.3 Å². The lowest BCUT2D eigenvalue weighted by Crippen LogP contribution is -2.07. The summed E-state index contributed by atoms with van der Waals surface area (Å²) >= 11 is 5.98. The highest BCUT2D eigenvalue weighted by Gasteiger charge is 2.28. The average Bonchev–Trinajstić information content (AvgIpc) is 3.03. The van der Waals surface area contributed by atoms with E-state index >= 15 is 0 Å². The van der Waals surface area contributed by atoms with Crippen molar-refractivity contribution in [2.45, 2.75) is 25.7 Å². The van der Waals surface area contributed by atoms with Crippen molar-refractivity contribution in [1.29, 1.82) is 0 Å². The van der Waals surface area contributed by atoms with E-state index in [-0.39, 0.29) is 13.2 Å². The number of rotatable bonds is 4. The van der Waals surface area contributed by atoms with Crippen LogP contribution in [-0.2, 0) is 0 Å². The lowest BCUT2D eigenvalue weighted by Gasteiger charge is -2.09. The number of ether oxygens (including phenoxy) is 1. The molecule has 0 atom stereocenters. The van der Waals surface area contributed by atoms with Gasteiger partial charge in [0.2, 0.25) is 5.88 Å². The molecule has 1 aliphatic carbocycles. The Labute approximate surface area is 93.3 Å². The Bertz CT molecular complexity index is 367. The smallest absolute Gasteiger partial charge is 0.221 e. The Hall–Kier alpha value is -0.870. The summed E-state index contributed by atoms with van der Waals surface area (Å²) in [7, 11) is 0. The Morgan fingerprint density at radius 3 is 2.80 bits per heavy atom. The Morgan fingerprint density at radius 1 is 1.47 bits per heavy atom. The topological polar surface area (TPSA) is 55.2 Å². The minimum atomic E-state index is -0.0280. The molecule has 1 fully saturated rings. The zero-order chi connectivity index (χ0) is 10.8. The van der Waals surface area contributed by atoms with Gasteiger partial charge < -0.3 is 9.84 Å². The molecule has 1 aromatic rings. The minimum Gasteiger partial charge on any atom is -0.475 e. The van der Waals surface area contributed by atoms with Crippen LogP contribution in [0.25, 0.3) is 0 Å². The van der Waals surface area contributed by atoms with Gasteiger partial charge in [0.15, 0.2) is 0 Å². The average molecular weight is 229 g/mol. The first-order chi connectivity index (χ1) is 7.22. The van der Waals surface area contributed by atoms with E-state index in [9.17, 15) is 0 Å². The fourth-order valence-corrected chi connectivity index (χ4v) is 1.46. The van der Waals surface area contributed by atoms with Crippen LogP contribution in [0.2, 0.25) is 5.15 Å². The summed E-state index contributed by atoms with van der Waals surface area (Å²) < 4.78 is 5.30. The molecule has 1 aromatic heterocycles. The maximum absolute atomic E-state index is 8.68. The van der Waals surface area contributed by atoms with Gasteiger partial charge in [0.05, 0.1) is 6.61 Å². The molecule has 0 aromatic carbocycles. The molecule has 0 amide bonds. The highest BCUT2D eigenvalue weighted by atomic mass is 35.5. The molecule has 1 saturated carbocycles. The van der Waals surface area contributed by atoms with Crippen molar-refractivity contribution in [3.05, 3.63) is 16.5 Å².